The van der Waals surface area contributed by atoms with Crippen molar-refractivity contribution in [1.29, 1.82) is 0 Å². The van der Waals surface area contributed by atoms with Gasteiger partial charge in [0.05, 0.1) is 6.61 Å². The van der Waals surface area contributed by atoms with E-state index in [1.165, 1.54) is 0 Å². The Balaban J connectivity index is 1.40. The highest BCUT2D eigenvalue weighted by atomic mass is 16.9. The van der Waals surface area contributed by atoms with Crippen LogP contribution in [0.1, 0.15) is 46.5 Å². The lowest BCUT2D eigenvalue weighted by Crippen LogP contribution is -2.43. The lowest BCUT2D eigenvalue weighted by molar-refractivity contribution is -0.250. The summed E-state index contributed by atoms with van der Waals surface area (Å²) in [6.07, 6.45) is -0.620. The summed E-state index contributed by atoms with van der Waals surface area (Å²) < 4.78 is 29.2. The summed E-state index contributed by atoms with van der Waals surface area (Å²) in [6.45, 7) is 6.84. The maximum Gasteiger partial charge on any atom is 0.338 e. The predicted octanol–water partition coefficient (Wildman–Crippen LogP) is 1.70. The summed E-state index contributed by atoms with van der Waals surface area (Å²) in [6, 6.07) is 0. The maximum atomic E-state index is 12.3. The maximum absolute atomic E-state index is 12.3. The molecule has 3 aliphatic heterocycles. The molecule has 0 radical (unpaired) electrons. The number of rotatable bonds is 6. The first-order chi connectivity index (χ1) is 12.8. The van der Waals surface area contributed by atoms with Gasteiger partial charge < -0.3 is 28.8 Å². The number of carbonyl (C=O) groups is 2. The third-order valence-electron chi connectivity index (χ3n) is 5.92. The molecule has 8 unspecified atom stereocenters. The molecule has 4 fully saturated rings. The van der Waals surface area contributed by atoms with Crippen molar-refractivity contribution in [1.82, 2.24) is 0 Å². The van der Waals surface area contributed by atoms with E-state index < -0.39 is 54.3 Å². The van der Waals surface area contributed by atoms with Crippen molar-refractivity contribution in [2.75, 3.05) is 6.61 Å². The topological polar surface area (TPSA) is 101 Å². The number of hydrogen-bond acceptors (Lipinski definition) is 7. The molecule has 0 aromatic heterocycles. The van der Waals surface area contributed by atoms with Gasteiger partial charge in [0.15, 0.2) is 30.4 Å². The number of carboxylic acids is 1. The molecule has 27 heavy (non-hydrogen) atoms. The van der Waals surface area contributed by atoms with Crippen molar-refractivity contribution < 1.29 is 38.4 Å². The third-order valence-corrected chi connectivity index (χ3v) is 5.92. The lowest BCUT2D eigenvalue weighted by atomic mass is 10.00. The van der Waals surface area contributed by atoms with Crippen LogP contribution in [-0.4, -0.2) is 60.1 Å². The summed E-state index contributed by atoms with van der Waals surface area (Å²) in [5, 5.41) is 9.45. The van der Waals surface area contributed by atoms with Crippen LogP contribution in [0.15, 0.2) is 0 Å². The number of carboxylic acid groups (broad SMARTS) is 1. The number of hydrogen-bond donors (Lipinski definition) is 1. The van der Waals surface area contributed by atoms with E-state index >= 15 is 0 Å². The fourth-order valence-corrected chi connectivity index (χ4v) is 4.88. The molecule has 0 amide bonds. The molecule has 1 N–H and O–H groups in total. The number of carbonyl (C=O) groups excluding carboxylic acids is 1. The molecule has 3 saturated heterocycles. The second-order valence-corrected chi connectivity index (χ2v) is 8.65. The molecule has 1 spiro atoms. The van der Waals surface area contributed by atoms with Crippen molar-refractivity contribution in [3.63, 3.8) is 0 Å². The molecule has 4 rings (SSSR count). The van der Waals surface area contributed by atoms with E-state index in [0.29, 0.717) is 37.7 Å². The van der Waals surface area contributed by atoms with E-state index in [2.05, 4.69) is 20.8 Å². The Labute approximate surface area is 158 Å². The molecule has 0 bridgehead atoms. The van der Waals surface area contributed by atoms with E-state index in [-0.39, 0.29) is 0 Å². The first-order valence-corrected chi connectivity index (χ1v) is 9.87. The molecule has 8 heteroatoms. The van der Waals surface area contributed by atoms with Crippen LogP contribution < -0.4 is 0 Å². The zero-order valence-corrected chi connectivity index (χ0v) is 16.0. The van der Waals surface area contributed by atoms with Gasteiger partial charge in [-0.2, -0.15) is 0 Å². The fourth-order valence-electron chi connectivity index (χ4n) is 4.88. The Bertz CT molecular complexity index is 607. The minimum atomic E-state index is -1.18. The van der Waals surface area contributed by atoms with Crippen molar-refractivity contribution in [2.45, 2.75) is 82.9 Å². The molecule has 0 aromatic rings. The van der Waals surface area contributed by atoms with Crippen molar-refractivity contribution >= 4 is 11.9 Å². The highest BCUT2D eigenvalue weighted by molar-refractivity contribution is 5.78. The summed E-state index contributed by atoms with van der Waals surface area (Å²) in [5.74, 6) is -2.42. The molecule has 1 aliphatic carbocycles. The van der Waals surface area contributed by atoms with Gasteiger partial charge in [-0.3, -0.25) is 4.79 Å². The molecule has 1 saturated carbocycles. The van der Waals surface area contributed by atoms with Crippen molar-refractivity contribution in [3.05, 3.63) is 0 Å². The molecular formula is C19H28O8. The van der Waals surface area contributed by atoms with Gasteiger partial charge in [-0.15, -0.1) is 0 Å². The van der Waals surface area contributed by atoms with Crippen molar-refractivity contribution in [3.8, 4) is 0 Å². The Hall–Kier alpha value is -1.22. The van der Waals surface area contributed by atoms with Crippen LogP contribution in [0.5, 0.6) is 0 Å². The van der Waals surface area contributed by atoms with Gasteiger partial charge in [0, 0.05) is 6.42 Å². The second-order valence-electron chi connectivity index (χ2n) is 8.65. The zero-order valence-electron chi connectivity index (χ0n) is 16.0. The summed E-state index contributed by atoms with van der Waals surface area (Å²) in [5.41, 5.74) is 0. The summed E-state index contributed by atoms with van der Waals surface area (Å²) in [4.78, 5) is 23.8. The van der Waals surface area contributed by atoms with Gasteiger partial charge in [-0.25, -0.2) is 4.79 Å². The second kappa shape index (κ2) is 6.99. The summed E-state index contributed by atoms with van der Waals surface area (Å²) >= 11 is 0. The number of ether oxygens (including phenoxy) is 5. The normalized spacial score (nSPS) is 43.9. The first kappa shape index (κ1) is 19.1. The van der Waals surface area contributed by atoms with E-state index in [0.717, 1.165) is 6.42 Å². The molecule has 0 aromatic carbocycles. The van der Waals surface area contributed by atoms with E-state index in [9.17, 15) is 14.7 Å². The van der Waals surface area contributed by atoms with Crippen LogP contribution in [0.4, 0.5) is 0 Å². The first-order valence-electron chi connectivity index (χ1n) is 9.87. The Morgan fingerprint density at radius 2 is 2.04 bits per heavy atom. The quantitative estimate of drug-likeness (QED) is 0.691. The fraction of sp³-hybridized carbons (Fsp3) is 0.895. The smallest absolute Gasteiger partial charge is 0.338 e. The largest absolute Gasteiger partial charge is 0.481 e. The molecule has 3 heterocycles. The van der Waals surface area contributed by atoms with E-state index in [1.54, 1.807) is 0 Å². The third kappa shape index (κ3) is 3.26. The Kier molecular flexibility index (Phi) is 4.95. The van der Waals surface area contributed by atoms with Crippen LogP contribution in [0.3, 0.4) is 0 Å². The van der Waals surface area contributed by atoms with Gasteiger partial charge in [0.25, 0.3) is 0 Å². The van der Waals surface area contributed by atoms with Crippen LogP contribution in [0.2, 0.25) is 0 Å². The monoisotopic (exact) mass is 384 g/mol. The minimum absolute atomic E-state index is 0.323. The SMILES string of the molecule is CC(C)CC(C)COC1C(=O)OC2C3OC4(CCCC4C(=O)O)OC3OC12. The van der Waals surface area contributed by atoms with E-state index in [1.807, 2.05) is 0 Å². The van der Waals surface area contributed by atoms with Crippen LogP contribution in [-0.2, 0) is 33.3 Å². The van der Waals surface area contributed by atoms with Gasteiger partial charge in [0.2, 0.25) is 0 Å². The van der Waals surface area contributed by atoms with Gasteiger partial charge in [-0.05, 0) is 31.1 Å². The standard InChI is InChI=1S/C19H28O8/c1-9(2)7-10(3)8-23-14-12-13(24-17(14)22)15-18(25-12)27-19(26-15)6-4-5-11(19)16(20)21/h9-15,18H,4-8H2,1-3H3,(H,20,21). The van der Waals surface area contributed by atoms with Gasteiger partial charge in [0.1, 0.15) is 12.0 Å². The lowest BCUT2D eigenvalue weighted by Gasteiger charge is -2.29. The molecule has 4 aliphatic rings. The number of esters is 1. The average Bonchev–Trinajstić information content (AvgIpc) is 3.28. The summed E-state index contributed by atoms with van der Waals surface area (Å²) in [7, 11) is 0. The molecule has 8 nitrogen and oxygen atoms in total. The van der Waals surface area contributed by atoms with Crippen LogP contribution >= 0.6 is 0 Å². The number of fused-ring (bicyclic) bond motifs is 3. The van der Waals surface area contributed by atoms with Gasteiger partial charge >= 0.3 is 11.9 Å². The molecular weight excluding hydrogens is 356 g/mol. The highest BCUT2D eigenvalue weighted by Gasteiger charge is 2.68. The van der Waals surface area contributed by atoms with E-state index in [4.69, 9.17) is 23.7 Å². The highest BCUT2D eigenvalue weighted by Crippen LogP contribution is 2.51. The van der Waals surface area contributed by atoms with Gasteiger partial charge in [-0.1, -0.05) is 20.8 Å². The van der Waals surface area contributed by atoms with Crippen LogP contribution in [0.25, 0.3) is 0 Å². The average molecular weight is 384 g/mol. The van der Waals surface area contributed by atoms with Crippen LogP contribution in [0, 0.1) is 17.8 Å². The molecule has 8 atom stereocenters. The minimum Gasteiger partial charge on any atom is -0.481 e. The number of aliphatic carboxylic acids is 1. The Morgan fingerprint density at radius 3 is 2.74 bits per heavy atom. The molecule has 152 valence electrons. The predicted molar refractivity (Wildman–Crippen MR) is 90.6 cm³/mol. The Morgan fingerprint density at radius 1 is 1.26 bits per heavy atom. The zero-order chi connectivity index (χ0) is 19.3. The van der Waals surface area contributed by atoms with Crippen molar-refractivity contribution in [2.24, 2.45) is 17.8 Å².